The quantitative estimate of drug-likeness (QED) is 0.522. The molecule has 0 aliphatic heterocycles. The molecule has 0 saturated carbocycles. The van der Waals surface area contributed by atoms with Gasteiger partial charge < -0.3 is 0 Å². The van der Waals surface area contributed by atoms with Crippen LogP contribution >= 0.6 is 34.5 Å². The Morgan fingerprint density at radius 1 is 1.00 bits per heavy atom. The number of hydrogen-bond donors (Lipinski definition) is 0. The molecule has 1 aliphatic carbocycles. The van der Waals surface area contributed by atoms with Crippen LogP contribution in [-0.4, -0.2) is 5.78 Å². The molecule has 3 rings (SSSR count). The Hall–Kier alpha value is -0.830. The molecule has 0 amide bonds. The highest BCUT2D eigenvalue weighted by molar-refractivity contribution is 7.14. The summed E-state index contributed by atoms with van der Waals surface area (Å²) in [4.78, 5) is 14.7. The standard InChI is InChI=1S/C16H14Cl2OS/c17-12-7-6-11(8-13(12)18)16(19)15-9-10-4-2-1-3-5-14(10)20-15/h6-9H,1-5H2. The maximum absolute atomic E-state index is 12.5. The van der Waals surface area contributed by atoms with E-state index in [2.05, 4.69) is 6.07 Å². The molecule has 2 aromatic rings. The van der Waals surface area contributed by atoms with Crippen molar-refractivity contribution < 1.29 is 4.79 Å². The molecule has 1 nitrogen and oxygen atoms in total. The number of rotatable bonds is 2. The Balaban J connectivity index is 1.92. The summed E-state index contributed by atoms with van der Waals surface area (Å²) in [5.41, 5.74) is 1.96. The van der Waals surface area contributed by atoms with Gasteiger partial charge in [-0.1, -0.05) is 29.6 Å². The molecule has 1 aromatic carbocycles. The van der Waals surface area contributed by atoms with E-state index in [9.17, 15) is 4.79 Å². The highest BCUT2D eigenvalue weighted by Crippen LogP contribution is 2.31. The fourth-order valence-electron chi connectivity index (χ4n) is 2.56. The molecule has 1 aliphatic rings. The summed E-state index contributed by atoms with van der Waals surface area (Å²) in [7, 11) is 0. The molecule has 0 unspecified atom stereocenters. The first kappa shape index (κ1) is 14.1. The average Bonchev–Trinajstić information content (AvgIpc) is 2.72. The largest absolute Gasteiger partial charge is 0.288 e. The van der Waals surface area contributed by atoms with Crippen LogP contribution in [0.1, 0.15) is 44.9 Å². The van der Waals surface area contributed by atoms with Gasteiger partial charge in [-0.3, -0.25) is 4.79 Å². The summed E-state index contributed by atoms with van der Waals surface area (Å²) in [5.74, 6) is 0.0432. The predicted octanol–water partition coefficient (Wildman–Crippen LogP) is 5.55. The molecule has 1 heterocycles. The fraction of sp³-hybridized carbons (Fsp3) is 0.312. The summed E-state index contributed by atoms with van der Waals surface area (Å²) >= 11 is 13.5. The molecule has 0 N–H and O–H groups in total. The number of halogens is 2. The first-order valence-electron chi connectivity index (χ1n) is 6.76. The normalized spacial score (nSPS) is 14.7. The van der Waals surface area contributed by atoms with Gasteiger partial charge >= 0.3 is 0 Å². The molecule has 0 spiro atoms. The molecule has 104 valence electrons. The van der Waals surface area contributed by atoms with Crippen molar-refractivity contribution in [2.45, 2.75) is 32.1 Å². The van der Waals surface area contributed by atoms with Gasteiger partial charge in [-0.15, -0.1) is 11.3 Å². The second kappa shape index (κ2) is 5.88. The minimum atomic E-state index is 0.0432. The predicted molar refractivity (Wildman–Crippen MR) is 85.5 cm³/mol. The minimum Gasteiger partial charge on any atom is -0.288 e. The van der Waals surface area contributed by atoms with E-state index in [1.807, 2.05) is 0 Å². The molecule has 0 bridgehead atoms. The third-order valence-corrected chi connectivity index (χ3v) is 5.63. The Labute approximate surface area is 132 Å². The molecular formula is C16H14Cl2OS. The van der Waals surface area contributed by atoms with Crippen molar-refractivity contribution in [3.8, 4) is 0 Å². The van der Waals surface area contributed by atoms with Gasteiger partial charge in [0.25, 0.3) is 0 Å². The molecule has 0 fully saturated rings. The Kier molecular flexibility index (Phi) is 4.16. The van der Waals surface area contributed by atoms with Gasteiger partial charge in [0.15, 0.2) is 0 Å². The monoisotopic (exact) mass is 324 g/mol. The summed E-state index contributed by atoms with van der Waals surface area (Å²) in [6.07, 6.45) is 5.95. The minimum absolute atomic E-state index is 0.0432. The lowest BCUT2D eigenvalue weighted by Crippen LogP contribution is -1.98. The van der Waals surface area contributed by atoms with Crippen molar-refractivity contribution in [1.82, 2.24) is 0 Å². The van der Waals surface area contributed by atoms with Gasteiger partial charge in [0, 0.05) is 10.4 Å². The lowest BCUT2D eigenvalue weighted by Gasteiger charge is -2.01. The zero-order valence-electron chi connectivity index (χ0n) is 10.9. The van der Waals surface area contributed by atoms with E-state index in [1.54, 1.807) is 29.5 Å². The topological polar surface area (TPSA) is 17.1 Å². The number of carbonyl (C=O) groups is 1. The molecular weight excluding hydrogens is 311 g/mol. The van der Waals surface area contributed by atoms with E-state index in [1.165, 1.54) is 29.7 Å². The summed E-state index contributed by atoms with van der Waals surface area (Å²) < 4.78 is 0. The first-order valence-corrected chi connectivity index (χ1v) is 8.34. The SMILES string of the molecule is O=C(c1ccc(Cl)c(Cl)c1)c1cc2c(s1)CCCCC2. The summed E-state index contributed by atoms with van der Waals surface area (Å²) in [5, 5.41) is 0.904. The van der Waals surface area contributed by atoms with Crippen molar-refractivity contribution in [2.24, 2.45) is 0 Å². The number of benzene rings is 1. The number of carbonyl (C=O) groups excluding carboxylic acids is 1. The van der Waals surface area contributed by atoms with E-state index in [4.69, 9.17) is 23.2 Å². The van der Waals surface area contributed by atoms with E-state index in [0.717, 1.165) is 17.7 Å². The number of fused-ring (bicyclic) bond motifs is 1. The Bertz CT molecular complexity index is 637. The maximum Gasteiger partial charge on any atom is 0.203 e. The second-order valence-electron chi connectivity index (χ2n) is 5.08. The van der Waals surface area contributed by atoms with E-state index in [0.29, 0.717) is 15.6 Å². The van der Waals surface area contributed by atoms with Crippen LogP contribution in [0.4, 0.5) is 0 Å². The highest BCUT2D eigenvalue weighted by Gasteiger charge is 2.18. The molecule has 0 radical (unpaired) electrons. The average molecular weight is 325 g/mol. The summed E-state index contributed by atoms with van der Waals surface area (Å²) in [6.45, 7) is 0. The Morgan fingerprint density at radius 2 is 1.80 bits per heavy atom. The summed E-state index contributed by atoms with van der Waals surface area (Å²) in [6, 6.07) is 7.13. The van der Waals surface area contributed by atoms with Gasteiger partial charge in [0.05, 0.1) is 14.9 Å². The van der Waals surface area contributed by atoms with Crippen molar-refractivity contribution in [3.63, 3.8) is 0 Å². The molecule has 1 aromatic heterocycles. The Morgan fingerprint density at radius 3 is 2.60 bits per heavy atom. The molecule has 20 heavy (non-hydrogen) atoms. The lowest BCUT2D eigenvalue weighted by atomic mass is 10.1. The van der Waals surface area contributed by atoms with Crippen molar-refractivity contribution >= 4 is 40.3 Å². The third kappa shape index (κ3) is 2.78. The van der Waals surface area contributed by atoms with Crippen LogP contribution in [0.5, 0.6) is 0 Å². The van der Waals surface area contributed by atoms with Crippen LogP contribution in [0.25, 0.3) is 0 Å². The first-order chi connectivity index (χ1) is 9.65. The van der Waals surface area contributed by atoms with Gasteiger partial charge in [-0.05, 0) is 55.5 Å². The molecule has 0 atom stereocenters. The molecule has 0 saturated heterocycles. The van der Waals surface area contributed by atoms with E-state index >= 15 is 0 Å². The van der Waals surface area contributed by atoms with Gasteiger partial charge in [0.2, 0.25) is 5.78 Å². The zero-order chi connectivity index (χ0) is 14.1. The number of aryl methyl sites for hydroxylation is 2. The zero-order valence-corrected chi connectivity index (χ0v) is 13.2. The van der Waals surface area contributed by atoms with Crippen LogP contribution in [0.3, 0.4) is 0 Å². The van der Waals surface area contributed by atoms with E-state index < -0.39 is 0 Å². The number of ketones is 1. The van der Waals surface area contributed by atoms with Gasteiger partial charge in [0.1, 0.15) is 0 Å². The van der Waals surface area contributed by atoms with Crippen LogP contribution in [0, 0.1) is 0 Å². The third-order valence-electron chi connectivity index (χ3n) is 3.65. The highest BCUT2D eigenvalue weighted by atomic mass is 35.5. The smallest absolute Gasteiger partial charge is 0.203 e. The lowest BCUT2D eigenvalue weighted by molar-refractivity contribution is 0.104. The van der Waals surface area contributed by atoms with Gasteiger partial charge in [-0.25, -0.2) is 0 Å². The fourth-order valence-corrected chi connectivity index (χ4v) is 4.07. The number of hydrogen-bond acceptors (Lipinski definition) is 2. The van der Waals surface area contributed by atoms with Crippen LogP contribution in [0.15, 0.2) is 24.3 Å². The van der Waals surface area contributed by atoms with Crippen LogP contribution in [0.2, 0.25) is 10.0 Å². The van der Waals surface area contributed by atoms with Gasteiger partial charge in [-0.2, -0.15) is 0 Å². The van der Waals surface area contributed by atoms with Crippen LogP contribution < -0.4 is 0 Å². The maximum atomic E-state index is 12.5. The van der Waals surface area contributed by atoms with Crippen molar-refractivity contribution in [1.29, 1.82) is 0 Å². The van der Waals surface area contributed by atoms with Crippen molar-refractivity contribution in [2.75, 3.05) is 0 Å². The molecule has 4 heteroatoms. The number of thiophene rings is 1. The van der Waals surface area contributed by atoms with Crippen molar-refractivity contribution in [3.05, 3.63) is 55.2 Å². The second-order valence-corrected chi connectivity index (χ2v) is 7.03. The van der Waals surface area contributed by atoms with Crippen LogP contribution in [-0.2, 0) is 12.8 Å². The van der Waals surface area contributed by atoms with E-state index in [-0.39, 0.29) is 5.78 Å².